The first-order valence-corrected chi connectivity index (χ1v) is 7.69. The summed E-state index contributed by atoms with van der Waals surface area (Å²) in [7, 11) is 1.64. The highest BCUT2D eigenvalue weighted by Gasteiger charge is 2.33. The molecule has 0 bridgehead atoms. The normalized spacial score (nSPS) is 22.3. The number of nitrogens with zero attached hydrogens (tertiary/aromatic N) is 1. The van der Waals surface area contributed by atoms with Gasteiger partial charge in [0.25, 0.3) is 0 Å². The molecule has 0 aliphatic carbocycles. The Labute approximate surface area is 132 Å². The van der Waals surface area contributed by atoms with Crippen molar-refractivity contribution >= 4 is 6.09 Å². The molecule has 22 heavy (non-hydrogen) atoms. The summed E-state index contributed by atoms with van der Waals surface area (Å²) in [6.45, 7) is 6.25. The van der Waals surface area contributed by atoms with Crippen molar-refractivity contribution in [3.63, 3.8) is 0 Å². The van der Waals surface area contributed by atoms with Crippen LogP contribution in [0, 0.1) is 0 Å². The van der Waals surface area contributed by atoms with Crippen molar-refractivity contribution in [3.05, 3.63) is 29.8 Å². The maximum atomic E-state index is 12.5. The Hall–Kier alpha value is -1.75. The number of hydrogen-bond donors (Lipinski definition) is 1. The highest BCUT2D eigenvalue weighted by molar-refractivity contribution is 5.69. The Bertz CT molecular complexity index is 508. The van der Waals surface area contributed by atoms with Crippen molar-refractivity contribution in [2.24, 2.45) is 5.73 Å². The molecule has 0 saturated carbocycles. The third kappa shape index (κ3) is 4.13. The Morgan fingerprint density at radius 3 is 2.45 bits per heavy atom. The fourth-order valence-corrected chi connectivity index (χ4v) is 2.67. The third-order valence-corrected chi connectivity index (χ3v) is 3.77. The van der Waals surface area contributed by atoms with E-state index in [-0.39, 0.29) is 18.2 Å². The van der Waals surface area contributed by atoms with Crippen LogP contribution in [0.25, 0.3) is 0 Å². The van der Waals surface area contributed by atoms with Crippen molar-refractivity contribution in [1.82, 2.24) is 4.90 Å². The van der Waals surface area contributed by atoms with Gasteiger partial charge in [0, 0.05) is 12.6 Å². The number of methoxy groups -OCH3 is 1. The Balaban J connectivity index is 2.20. The predicted molar refractivity (Wildman–Crippen MR) is 85.9 cm³/mol. The summed E-state index contributed by atoms with van der Waals surface area (Å²) in [6, 6.07) is 7.83. The van der Waals surface area contributed by atoms with Crippen LogP contribution in [0.5, 0.6) is 5.75 Å². The second-order valence-electron chi connectivity index (χ2n) is 6.75. The van der Waals surface area contributed by atoms with Gasteiger partial charge >= 0.3 is 6.09 Å². The molecule has 2 atom stereocenters. The van der Waals surface area contributed by atoms with E-state index in [1.54, 1.807) is 12.0 Å². The van der Waals surface area contributed by atoms with Gasteiger partial charge in [0.15, 0.2) is 0 Å². The largest absolute Gasteiger partial charge is 0.497 e. The molecule has 122 valence electrons. The number of benzene rings is 1. The first-order valence-electron chi connectivity index (χ1n) is 7.69. The van der Waals surface area contributed by atoms with Crippen LogP contribution in [0.2, 0.25) is 0 Å². The van der Waals surface area contributed by atoms with Crippen molar-refractivity contribution < 1.29 is 14.3 Å². The standard InChI is InChI=1S/C17H26N2O3/c1-17(2,3)22-16(20)19-10-9-13(18)11-15(19)12-5-7-14(21-4)8-6-12/h5-8,13,15H,9-11,18H2,1-4H3. The average Bonchev–Trinajstić information content (AvgIpc) is 2.45. The number of carbonyl (C=O) groups excluding carboxylic acids is 1. The maximum absolute atomic E-state index is 12.5. The molecule has 0 radical (unpaired) electrons. The smallest absolute Gasteiger partial charge is 0.410 e. The molecule has 1 heterocycles. The Kier molecular flexibility index (Phi) is 4.96. The van der Waals surface area contributed by atoms with E-state index >= 15 is 0 Å². The molecule has 1 aromatic rings. The lowest BCUT2D eigenvalue weighted by Crippen LogP contribution is -2.46. The minimum atomic E-state index is -0.499. The molecule has 5 nitrogen and oxygen atoms in total. The van der Waals surface area contributed by atoms with E-state index in [4.69, 9.17) is 15.2 Å². The van der Waals surface area contributed by atoms with Gasteiger partial charge in [-0.25, -0.2) is 4.79 Å². The van der Waals surface area contributed by atoms with Crippen LogP contribution in [0.3, 0.4) is 0 Å². The average molecular weight is 306 g/mol. The fraction of sp³-hybridized carbons (Fsp3) is 0.588. The number of amides is 1. The molecule has 2 unspecified atom stereocenters. The van der Waals surface area contributed by atoms with Crippen molar-refractivity contribution in [3.8, 4) is 5.75 Å². The maximum Gasteiger partial charge on any atom is 0.410 e. The number of nitrogens with two attached hydrogens (primary N) is 1. The molecule has 2 N–H and O–H groups in total. The summed E-state index contributed by atoms with van der Waals surface area (Å²) in [5.41, 5.74) is 6.66. The molecule has 1 saturated heterocycles. The van der Waals surface area contributed by atoms with Gasteiger partial charge in [-0.1, -0.05) is 12.1 Å². The fourth-order valence-electron chi connectivity index (χ4n) is 2.67. The number of likely N-dealkylation sites (tertiary alicyclic amines) is 1. The second-order valence-corrected chi connectivity index (χ2v) is 6.75. The second kappa shape index (κ2) is 6.57. The summed E-state index contributed by atoms with van der Waals surface area (Å²) in [5.74, 6) is 0.799. The van der Waals surface area contributed by atoms with E-state index < -0.39 is 5.60 Å². The van der Waals surface area contributed by atoms with Crippen LogP contribution >= 0.6 is 0 Å². The highest BCUT2D eigenvalue weighted by Crippen LogP contribution is 2.32. The van der Waals surface area contributed by atoms with Gasteiger partial charge < -0.3 is 20.1 Å². The highest BCUT2D eigenvalue weighted by atomic mass is 16.6. The topological polar surface area (TPSA) is 64.8 Å². The number of carbonyl (C=O) groups is 1. The molecule has 1 aromatic carbocycles. The first-order chi connectivity index (χ1) is 10.3. The minimum Gasteiger partial charge on any atom is -0.497 e. The summed E-state index contributed by atoms with van der Waals surface area (Å²) in [4.78, 5) is 14.3. The zero-order valence-electron chi connectivity index (χ0n) is 13.8. The van der Waals surface area contributed by atoms with Crippen LogP contribution in [-0.2, 0) is 4.74 Å². The molecule has 1 amide bonds. The van der Waals surface area contributed by atoms with Gasteiger partial charge in [-0.15, -0.1) is 0 Å². The first kappa shape index (κ1) is 16.6. The van der Waals surface area contributed by atoms with Crippen molar-refractivity contribution in [1.29, 1.82) is 0 Å². The monoisotopic (exact) mass is 306 g/mol. The molecule has 1 aliphatic heterocycles. The lowest BCUT2D eigenvalue weighted by atomic mass is 9.92. The van der Waals surface area contributed by atoms with Gasteiger partial charge in [-0.3, -0.25) is 0 Å². The van der Waals surface area contributed by atoms with Crippen LogP contribution in [0.4, 0.5) is 4.79 Å². The lowest BCUT2D eigenvalue weighted by Gasteiger charge is -2.39. The van der Waals surface area contributed by atoms with E-state index in [2.05, 4.69) is 0 Å². The van der Waals surface area contributed by atoms with Crippen LogP contribution in [0.15, 0.2) is 24.3 Å². The van der Waals surface area contributed by atoms with E-state index in [0.29, 0.717) is 6.54 Å². The number of piperidine rings is 1. The summed E-state index contributed by atoms with van der Waals surface area (Å²) < 4.78 is 10.7. The summed E-state index contributed by atoms with van der Waals surface area (Å²) in [5, 5.41) is 0. The number of ether oxygens (including phenoxy) is 2. The van der Waals surface area contributed by atoms with Crippen LogP contribution in [-0.4, -0.2) is 36.3 Å². The zero-order chi connectivity index (χ0) is 16.3. The predicted octanol–water partition coefficient (Wildman–Crippen LogP) is 3.09. The zero-order valence-corrected chi connectivity index (χ0v) is 13.8. The summed E-state index contributed by atoms with van der Waals surface area (Å²) >= 11 is 0. The van der Waals surface area contributed by atoms with Gasteiger partial charge in [0.2, 0.25) is 0 Å². The number of hydrogen-bond acceptors (Lipinski definition) is 4. The summed E-state index contributed by atoms with van der Waals surface area (Å²) in [6.07, 6.45) is 1.26. The Morgan fingerprint density at radius 1 is 1.27 bits per heavy atom. The van der Waals surface area contributed by atoms with E-state index in [1.807, 2.05) is 45.0 Å². The van der Waals surface area contributed by atoms with E-state index in [0.717, 1.165) is 24.2 Å². The van der Waals surface area contributed by atoms with Gasteiger partial charge in [0.05, 0.1) is 13.2 Å². The van der Waals surface area contributed by atoms with Crippen LogP contribution < -0.4 is 10.5 Å². The third-order valence-electron chi connectivity index (χ3n) is 3.77. The lowest BCUT2D eigenvalue weighted by molar-refractivity contribution is 0.00797. The van der Waals surface area contributed by atoms with Crippen molar-refractivity contribution in [2.45, 2.75) is 51.3 Å². The minimum absolute atomic E-state index is 0.0514. The molecular weight excluding hydrogens is 280 g/mol. The van der Waals surface area contributed by atoms with Gasteiger partial charge in [-0.05, 0) is 51.3 Å². The van der Waals surface area contributed by atoms with Gasteiger partial charge in [0.1, 0.15) is 11.4 Å². The van der Waals surface area contributed by atoms with Gasteiger partial charge in [-0.2, -0.15) is 0 Å². The molecule has 2 rings (SSSR count). The quantitative estimate of drug-likeness (QED) is 0.912. The molecule has 0 spiro atoms. The van der Waals surface area contributed by atoms with E-state index in [1.165, 1.54) is 0 Å². The van der Waals surface area contributed by atoms with E-state index in [9.17, 15) is 4.79 Å². The molecule has 1 fully saturated rings. The Morgan fingerprint density at radius 2 is 1.91 bits per heavy atom. The van der Waals surface area contributed by atoms with Crippen molar-refractivity contribution in [2.75, 3.05) is 13.7 Å². The molecule has 5 heteroatoms. The molecular formula is C17H26N2O3. The number of rotatable bonds is 2. The molecule has 1 aliphatic rings. The SMILES string of the molecule is COc1ccc(C2CC(N)CCN2C(=O)OC(C)(C)C)cc1. The van der Waals surface area contributed by atoms with Crippen LogP contribution in [0.1, 0.15) is 45.2 Å². The molecule has 0 aromatic heterocycles.